The van der Waals surface area contributed by atoms with Gasteiger partial charge in [-0.25, -0.2) is 0 Å². The van der Waals surface area contributed by atoms with E-state index in [1.807, 2.05) is 19.0 Å². The van der Waals surface area contributed by atoms with Crippen LogP contribution in [0.1, 0.15) is 20.3 Å². The molecule has 0 aliphatic carbocycles. The van der Waals surface area contributed by atoms with Crippen molar-refractivity contribution in [2.75, 3.05) is 33.7 Å². The average molecular weight is 213 g/mol. The molecule has 0 saturated carbocycles. The molecule has 4 heteroatoms. The van der Waals surface area contributed by atoms with Crippen molar-refractivity contribution in [3.63, 3.8) is 0 Å². The molecule has 1 heterocycles. The monoisotopic (exact) mass is 213 g/mol. The third-order valence-corrected chi connectivity index (χ3v) is 2.79. The van der Waals surface area contributed by atoms with Crippen LogP contribution in [0.2, 0.25) is 0 Å². The van der Waals surface area contributed by atoms with Gasteiger partial charge in [-0.1, -0.05) is 6.92 Å². The molecule has 1 saturated heterocycles. The van der Waals surface area contributed by atoms with Crippen molar-refractivity contribution < 1.29 is 4.79 Å². The summed E-state index contributed by atoms with van der Waals surface area (Å²) in [5.41, 5.74) is 0. The minimum Gasteiger partial charge on any atom is -0.337 e. The summed E-state index contributed by atoms with van der Waals surface area (Å²) in [6.45, 7) is 6.79. The zero-order valence-corrected chi connectivity index (χ0v) is 10.3. The number of nitrogens with zero attached hydrogens (tertiary/aromatic N) is 2. The van der Waals surface area contributed by atoms with E-state index in [2.05, 4.69) is 24.1 Å². The zero-order valence-electron chi connectivity index (χ0n) is 10.3. The molecule has 4 nitrogen and oxygen atoms in total. The Hall–Kier alpha value is -0.610. The Morgan fingerprint density at radius 1 is 1.53 bits per heavy atom. The molecule has 1 fully saturated rings. The predicted octanol–water partition coefficient (Wildman–Crippen LogP) is 0.147. The second-order valence-corrected chi connectivity index (χ2v) is 4.60. The van der Waals surface area contributed by atoms with Gasteiger partial charge in [0.2, 0.25) is 5.91 Å². The van der Waals surface area contributed by atoms with Crippen molar-refractivity contribution in [2.45, 2.75) is 32.4 Å². The summed E-state index contributed by atoms with van der Waals surface area (Å²) in [4.78, 5) is 16.2. The topological polar surface area (TPSA) is 35.6 Å². The fourth-order valence-corrected chi connectivity index (χ4v) is 2.01. The van der Waals surface area contributed by atoms with E-state index in [0.717, 1.165) is 26.1 Å². The lowest BCUT2D eigenvalue weighted by Gasteiger charge is -2.39. The van der Waals surface area contributed by atoms with E-state index in [1.165, 1.54) is 0 Å². The molecule has 88 valence electrons. The van der Waals surface area contributed by atoms with Crippen LogP contribution in [-0.2, 0) is 4.79 Å². The van der Waals surface area contributed by atoms with Crippen molar-refractivity contribution in [2.24, 2.45) is 0 Å². The van der Waals surface area contributed by atoms with Crippen molar-refractivity contribution in [1.29, 1.82) is 0 Å². The highest BCUT2D eigenvalue weighted by Gasteiger charge is 2.32. The summed E-state index contributed by atoms with van der Waals surface area (Å²) in [7, 11) is 3.99. The first-order chi connectivity index (χ1) is 7.06. The standard InChI is InChI=1S/C11H23N3O/c1-5-6-14-9(2)7-12-10(11(14)15)8-13(3)4/h9-10,12H,5-8H2,1-4H3. The highest BCUT2D eigenvalue weighted by molar-refractivity contribution is 5.83. The van der Waals surface area contributed by atoms with Crippen molar-refractivity contribution >= 4 is 5.91 Å². The molecule has 1 aliphatic heterocycles. The number of piperazine rings is 1. The number of hydrogen-bond acceptors (Lipinski definition) is 3. The Kier molecular flexibility index (Phi) is 4.54. The number of nitrogens with one attached hydrogen (secondary N) is 1. The van der Waals surface area contributed by atoms with E-state index in [0.29, 0.717) is 6.04 Å². The first-order valence-electron chi connectivity index (χ1n) is 5.74. The van der Waals surface area contributed by atoms with Crippen LogP contribution in [0.5, 0.6) is 0 Å². The first kappa shape index (κ1) is 12.5. The van der Waals surface area contributed by atoms with Crippen molar-refractivity contribution in [3.05, 3.63) is 0 Å². The molecule has 2 atom stereocenters. The second-order valence-electron chi connectivity index (χ2n) is 4.60. The molecule has 2 unspecified atom stereocenters. The second kappa shape index (κ2) is 5.47. The Morgan fingerprint density at radius 3 is 2.73 bits per heavy atom. The molecular formula is C11H23N3O. The van der Waals surface area contributed by atoms with Gasteiger partial charge in [0.05, 0.1) is 6.04 Å². The summed E-state index contributed by atoms with van der Waals surface area (Å²) in [5, 5.41) is 3.31. The molecule has 1 aliphatic rings. The van der Waals surface area contributed by atoms with Gasteiger partial charge in [-0.2, -0.15) is 0 Å². The van der Waals surface area contributed by atoms with Gasteiger partial charge in [-0.05, 0) is 27.4 Å². The Bertz CT molecular complexity index is 218. The summed E-state index contributed by atoms with van der Waals surface area (Å²) < 4.78 is 0. The number of carbonyl (C=O) groups excluding carboxylic acids is 1. The zero-order chi connectivity index (χ0) is 11.4. The van der Waals surface area contributed by atoms with Gasteiger partial charge in [0, 0.05) is 25.7 Å². The Morgan fingerprint density at radius 2 is 2.20 bits per heavy atom. The molecular weight excluding hydrogens is 190 g/mol. The van der Waals surface area contributed by atoms with E-state index < -0.39 is 0 Å². The van der Waals surface area contributed by atoms with Gasteiger partial charge >= 0.3 is 0 Å². The Balaban J connectivity index is 2.59. The van der Waals surface area contributed by atoms with Crippen LogP contribution in [0, 0.1) is 0 Å². The van der Waals surface area contributed by atoms with E-state index in [9.17, 15) is 4.79 Å². The number of rotatable bonds is 4. The van der Waals surface area contributed by atoms with Gasteiger partial charge in [0.1, 0.15) is 0 Å². The molecule has 0 aromatic rings. The lowest BCUT2D eigenvalue weighted by atomic mass is 10.1. The van der Waals surface area contributed by atoms with Gasteiger partial charge in [-0.15, -0.1) is 0 Å². The summed E-state index contributed by atoms with van der Waals surface area (Å²) in [6, 6.07) is 0.304. The quantitative estimate of drug-likeness (QED) is 0.722. The molecule has 1 N–H and O–H groups in total. The summed E-state index contributed by atoms with van der Waals surface area (Å²) >= 11 is 0. The Labute approximate surface area is 92.6 Å². The van der Waals surface area contributed by atoms with Gasteiger partial charge < -0.3 is 15.1 Å². The van der Waals surface area contributed by atoms with Crippen LogP contribution >= 0.6 is 0 Å². The molecule has 0 radical (unpaired) electrons. The molecule has 0 aromatic heterocycles. The van der Waals surface area contributed by atoms with Gasteiger partial charge in [0.15, 0.2) is 0 Å². The maximum absolute atomic E-state index is 12.1. The highest BCUT2D eigenvalue weighted by atomic mass is 16.2. The fraction of sp³-hybridized carbons (Fsp3) is 0.909. The molecule has 0 spiro atoms. The molecule has 1 rings (SSSR count). The number of likely N-dealkylation sites (N-methyl/N-ethyl adjacent to an activating group) is 1. The molecule has 0 bridgehead atoms. The lowest BCUT2D eigenvalue weighted by Crippen LogP contribution is -2.61. The van der Waals surface area contributed by atoms with Crippen molar-refractivity contribution in [3.8, 4) is 0 Å². The minimum atomic E-state index is -0.0252. The van der Waals surface area contributed by atoms with Crippen LogP contribution in [0.25, 0.3) is 0 Å². The molecule has 0 aromatic carbocycles. The van der Waals surface area contributed by atoms with Crippen LogP contribution in [-0.4, -0.2) is 61.5 Å². The summed E-state index contributed by atoms with van der Waals surface area (Å²) in [6.07, 6.45) is 1.03. The number of carbonyl (C=O) groups is 1. The van der Waals surface area contributed by atoms with E-state index in [1.54, 1.807) is 0 Å². The lowest BCUT2D eigenvalue weighted by molar-refractivity contribution is -0.138. The van der Waals surface area contributed by atoms with Crippen molar-refractivity contribution in [1.82, 2.24) is 15.1 Å². The van der Waals surface area contributed by atoms with E-state index >= 15 is 0 Å². The van der Waals surface area contributed by atoms with Crippen LogP contribution in [0.15, 0.2) is 0 Å². The van der Waals surface area contributed by atoms with Gasteiger partial charge in [-0.3, -0.25) is 4.79 Å². The minimum absolute atomic E-state index is 0.0252. The third-order valence-electron chi connectivity index (χ3n) is 2.79. The largest absolute Gasteiger partial charge is 0.337 e. The first-order valence-corrected chi connectivity index (χ1v) is 5.74. The number of amides is 1. The normalized spacial score (nSPS) is 27.5. The maximum atomic E-state index is 12.1. The average Bonchev–Trinajstić information content (AvgIpc) is 2.16. The number of hydrogen-bond donors (Lipinski definition) is 1. The summed E-state index contributed by atoms with van der Waals surface area (Å²) in [5.74, 6) is 0.254. The molecule has 15 heavy (non-hydrogen) atoms. The smallest absolute Gasteiger partial charge is 0.241 e. The predicted molar refractivity (Wildman–Crippen MR) is 61.8 cm³/mol. The molecule has 1 amide bonds. The van der Waals surface area contributed by atoms with Crippen LogP contribution in [0.3, 0.4) is 0 Å². The maximum Gasteiger partial charge on any atom is 0.241 e. The SMILES string of the molecule is CCCN1C(=O)C(CN(C)C)NCC1C. The highest BCUT2D eigenvalue weighted by Crippen LogP contribution is 2.09. The van der Waals surface area contributed by atoms with E-state index in [4.69, 9.17) is 0 Å². The fourth-order valence-electron chi connectivity index (χ4n) is 2.01. The van der Waals surface area contributed by atoms with Crippen LogP contribution < -0.4 is 5.32 Å². The van der Waals surface area contributed by atoms with Gasteiger partial charge in [0.25, 0.3) is 0 Å². The van der Waals surface area contributed by atoms with Crippen LogP contribution in [0.4, 0.5) is 0 Å². The third kappa shape index (κ3) is 3.18. The van der Waals surface area contributed by atoms with E-state index in [-0.39, 0.29) is 11.9 Å².